The Morgan fingerprint density at radius 2 is 1.80 bits per heavy atom. The van der Waals surface area contributed by atoms with Gasteiger partial charge in [0.1, 0.15) is 0 Å². The molecule has 1 aromatic carbocycles. The largest absolute Gasteiger partial charge is 0.395 e. The van der Waals surface area contributed by atoms with Crippen LogP contribution in [0.4, 0.5) is 5.69 Å². The first-order valence-electron chi connectivity index (χ1n) is 5.50. The van der Waals surface area contributed by atoms with Crippen LogP contribution in [0.3, 0.4) is 0 Å². The molecule has 0 saturated carbocycles. The van der Waals surface area contributed by atoms with Gasteiger partial charge in [0, 0.05) is 24.2 Å². The van der Waals surface area contributed by atoms with Gasteiger partial charge in [-0.3, -0.25) is 10.1 Å². The minimum Gasteiger partial charge on any atom is -0.395 e. The van der Waals surface area contributed by atoms with Crippen LogP contribution in [0.25, 0.3) is 0 Å². The standard InChI is InChI=1S/C10H13ClN2O6S/c11-8-1-2-10(9(7-8)13(16)17)20(18,19)12(3-5-14)4-6-15/h1-2,7,14-15H,3-6H2. The van der Waals surface area contributed by atoms with Gasteiger partial charge in [-0.15, -0.1) is 0 Å². The average Bonchev–Trinajstić information content (AvgIpc) is 2.38. The van der Waals surface area contributed by atoms with Crippen molar-refractivity contribution in [2.45, 2.75) is 4.90 Å². The van der Waals surface area contributed by atoms with Crippen molar-refractivity contribution in [1.29, 1.82) is 0 Å². The zero-order valence-corrected chi connectivity index (χ0v) is 11.8. The summed E-state index contributed by atoms with van der Waals surface area (Å²) in [5, 5.41) is 28.7. The number of hydrogen-bond acceptors (Lipinski definition) is 6. The van der Waals surface area contributed by atoms with E-state index < -0.39 is 38.7 Å². The second-order valence-electron chi connectivity index (χ2n) is 3.72. The first-order valence-corrected chi connectivity index (χ1v) is 7.32. The smallest absolute Gasteiger partial charge is 0.290 e. The molecule has 0 radical (unpaired) electrons. The zero-order valence-electron chi connectivity index (χ0n) is 10.3. The zero-order chi connectivity index (χ0) is 15.3. The van der Waals surface area contributed by atoms with E-state index in [0.29, 0.717) is 0 Å². The van der Waals surface area contributed by atoms with Gasteiger partial charge in [-0.05, 0) is 12.1 Å². The molecule has 0 atom stereocenters. The molecular weight excluding hydrogens is 312 g/mol. The van der Waals surface area contributed by atoms with Gasteiger partial charge >= 0.3 is 0 Å². The number of rotatable bonds is 7. The summed E-state index contributed by atoms with van der Waals surface area (Å²) in [6, 6.07) is 3.18. The molecule has 8 nitrogen and oxygen atoms in total. The molecule has 0 saturated heterocycles. The van der Waals surface area contributed by atoms with Crippen LogP contribution in [0.5, 0.6) is 0 Å². The summed E-state index contributed by atoms with van der Waals surface area (Å²) >= 11 is 5.62. The molecular formula is C10H13ClN2O6S. The van der Waals surface area contributed by atoms with E-state index in [9.17, 15) is 18.5 Å². The maximum Gasteiger partial charge on any atom is 0.290 e. The van der Waals surface area contributed by atoms with Crippen molar-refractivity contribution in [1.82, 2.24) is 4.31 Å². The highest BCUT2D eigenvalue weighted by Crippen LogP contribution is 2.29. The van der Waals surface area contributed by atoms with E-state index in [0.717, 1.165) is 16.4 Å². The molecule has 0 bridgehead atoms. The maximum atomic E-state index is 12.3. The van der Waals surface area contributed by atoms with Crippen LogP contribution in [0.1, 0.15) is 0 Å². The second kappa shape index (κ2) is 6.95. The summed E-state index contributed by atoms with van der Waals surface area (Å²) in [7, 11) is -4.20. The van der Waals surface area contributed by atoms with Crippen molar-refractivity contribution in [2.24, 2.45) is 0 Å². The second-order valence-corrected chi connectivity index (χ2v) is 6.06. The van der Waals surface area contributed by atoms with E-state index in [2.05, 4.69) is 0 Å². The van der Waals surface area contributed by atoms with Gasteiger partial charge in [-0.1, -0.05) is 11.6 Å². The van der Waals surface area contributed by atoms with Gasteiger partial charge in [-0.2, -0.15) is 4.31 Å². The first-order chi connectivity index (χ1) is 9.34. The predicted molar refractivity (Wildman–Crippen MR) is 71.0 cm³/mol. The summed E-state index contributed by atoms with van der Waals surface area (Å²) < 4.78 is 25.4. The highest BCUT2D eigenvalue weighted by molar-refractivity contribution is 7.89. The Bertz CT molecular complexity index is 585. The Kier molecular flexibility index (Phi) is 5.84. The fraction of sp³-hybridized carbons (Fsp3) is 0.400. The molecule has 0 fully saturated rings. The SMILES string of the molecule is O=[N+]([O-])c1cc(Cl)ccc1S(=O)(=O)N(CCO)CCO. The number of sulfonamides is 1. The highest BCUT2D eigenvalue weighted by Gasteiger charge is 2.31. The van der Waals surface area contributed by atoms with Crippen molar-refractivity contribution >= 4 is 27.3 Å². The summed E-state index contributed by atoms with van der Waals surface area (Å²) in [4.78, 5) is 9.54. The van der Waals surface area contributed by atoms with E-state index in [1.807, 2.05) is 0 Å². The van der Waals surface area contributed by atoms with Crippen LogP contribution in [0.15, 0.2) is 23.1 Å². The molecule has 0 spiro atoms. The maximum absolute atomic E-state index is 12.3. The van der Waals surface area contributed by atoms with E-state index in [4.69, 9.17) is 21.8 Å². The fourth-order valence-corrected chi connectivity index (χ4v) is 3.29. The minimum atomic E-state index is -4.20. The lowest BCUT2D eigenvalue weighted by Crippen LogP contribution is -2.36. The molecule has 1 rings (SSSR count). The Balaban J connectivity index is 3.36. The van der Waals surface area contributed by atoms with Gasteiger partial charge in [0.2, 0.25) is 10.0 Å². The Morgan fingerprint density at radius 3 is 2.25 bits per heavy atom. The number of hydrogen-bond donors (Lipinski definition) is 2. The van der Waals surface area contributed by atoms with Crippen LogP contribution >= 0.6 is 11.6 Å². The molecule has 112 valence electrons. The van der Waals surface area contributed by atoms with E-state index in [-0.39, 0.29) is 18.1 Å². The molecule has 0 aliphatic heterocycles. The summed E-state index contributed by atoms with van der Waals surface area (Å²) in [6.07, 6.45) is 0. The molecule has 0 aromatic heterocycles. The van der Waals surface area contributed by atoms with Gasteiger partial charge < -0.3 is 10.2 Å². The number of nitro groups is 1. The van der Waals surface area contributed by atoms with Crippen molar-refractivity contribution in [2.75, 3.05) is 26.3 Å². The van der Waals surface area contributed by atoms with Gasteiger partial charge in [0.25, 0.3) is 5.69 Å². The summed E-state index contributed by atoms with van der Waals surface area (Å²) in [5.74, 6) is 0. The number of halogens is 1. The van der Waals surface area contributed by atoms with Crippen LogP contribution in [-0.4, -0.2) is 54.2 Å². The molecule has 10 heteroatoms. The topological polar surface area (TPSA) is 121 Å². The number of aliphatic hydroxyl groups is 2. The lowest BCUT2D eigenvalue weighted by Gasteiger charge is -2.20. The Labute approximate surface area is 120 Å². The Hall–Kier alpha value is -1.26. The van der Waals surface area contributed by atoms with Crippen LogP contribution in [-0.2, 0) is 10.0 Å². The predicted octanol–water partition coefficient (Wildman–Crippen LogP) is 0.223. The molecule has 0 aliphatic carbocycles. The van der Waals surface area contributed by atoms with Crippen molar-refractivity contribution in [3.63, 3.8) is 0 Å². The average molecular weight is 325 g/mol. The van der Waals surface area contributed by atoms with E-state index in [1.165, 1.54) is 6.07 Å². The molecule has 0 heterocycles. The number of nitrogens with zero attached hydrogens (tertiary/aromatic N) is 2. The lowest BCUT2D eigenvalue weighted by atomic mass is 10.3. The number of nitro benzene ring substituents is 1. The minimum absolute atomic E-state index is 0.0338. The highest BCUT2D eigenvalue weighted by atomic mass is 35.5. The molecule has 0 amide bonds. The van der Waals surface area contributed by atoms with Gasteiger partial charge in [0.15, 0.2) is 4.90 Å². The summed E-state index contributed by atoms with van der Waals surface area (Å²) in [5.41, 5.74) is -0.654. The monoisotopic (exact) mass is 324 g/mol. The molecule has 2 N–H and O–H groups in total. The number of benzene rings is 1. The quantitative estimate of drug-likeness (QED) is 0.547. The van der Waals surface area contributed by atoms with Crippen LogP contribution < -0.4 is 0 Å². The molecule has 20 heavy (non-hydrogen) atoms. The third kappa shape index (κ3) is 3.64. The summed E-state index contributed by atoms with van der Waals surface area (Å²) in [6.45, 7) is -1.49. The lowest BCUT2D eigenvalue weighted by molar-refractivity contribution is -0.387. The normalized spacial score (nSPS) is 11.8. The Morgan fingerprint density at radius 1 is 1.25 bits per heavy atom. The van der Waals surface area contributed by atoms with Crippen LogP contribution in [0, 0.1) is 10.1 Å². The van der Waals surface area contributed by atoms with Gasteiger partial charge in [-0.25, -0.2) is 8.42 Å². The third-order valence-corrected chi connectivity index (χ3v) is 4.62. The fourth-order valence-electron chi connectivity index (χ4n) is 1.57. The third-order valence-electron chi connectivity index (χ3n) is 2.43. The van der Waals surface area contributed by atoms with Crippen LogP contribution in [0.2, 0.25) is 5.02 Å². The van der Waals surface area contributed by atoms with Crippen molar-refractivity contribution < 1.29 is 23.6 Å². The van der Waals surface area contributed by atoms with Gasteiger partial charge in [0.05, 0.1) is 18.1 Å². The number of aliphatic hydroxyl groups excluding tert-OH is 2. The first kappa shape index (κ1) is 16.8. The van der Waals surface area contributed by atoms with E-state index >= 15 is 0 Å². The molecule has 0 unspecified atom stereocenters. The van der Waals surface area contributed by atoms with E-state index in [1.54, 1.807) is 0 Å². The van der Waals surface area contributed by atoms with Crippen molar-refractivity contribution in [3.8, 4) is 0 Å². The molecule has 1 aromatic rings. The van der Waals surface area contributed by atoms with Crippen molar-refractivity contribution in [3.05, 3.63) is 33.3 Å². The molecule has 0 aliphatic rings.